The van der Waals surface area contributed by atoms with Gasteiger partial charge in [0, 0.05) is 4.47 Å². The SMILES string of the molecule is CC(C)(C)OC(=O)N1CC(Oc2ccc(Br)cc2C#N)C1.[H-].[Na+]. The summed E-state index contributed by atoms with van der Waals surface area (Å²) in [5.74, 6) is 0.537. The van der Waals surface area contributed by atoms with Crippen molar-refractivity contribution in [3.63, 3.8) is 0 Å². The van der Waals surface area contributed by atoms with Crippen molar-refractivity contribution in [3.8, 4) is 11.8 Å². The minimum atomic E-state index is -0.497. The van der Waals surface area contributed by atoms with Gasteiger partial charge in [0.2, 0.25) is 0 Å². The first-order valence-electron chi connectivity index (χ1n) is 6.63. The largest absolute Gasteiger partial charge is 1.00 e. The topological polar surface area (TPSA) is 62.6 Å². The number of carbonyl (C=O) groups is 1. The van der Waals surface area contributed by atoms with Gasteiger partial charge in [-0.3, -0.25) is 0 Å². The summed E-state index contributed by atoms with van der Waals surface area (Å²) in [6.07, 6.45) is -0.440. The fourth-order valence-electron chi connectivity index (χ4n) is 1.86. The number of ether oxygens (including phenoxy) is 2. The summed E-state index contributed by atoms with van der Waals surface area (Å²) >= 11 is 3.31. The van der Waals surface area contributed by atoms with Crippen molar-refractivity contribution >= 4 is 22.0 Å². The van der Waals surface area contributed by atoms with Gasteiger partial charge in [0.05, 0.1) is 18.7 Å². The summed E-state index contributed by atoms with van der Waals surface area (Å²) in [5.41, 5.74) is -0.0250. The molecule has 1 amide bonds. The van der Waals surface area contributed by atoms with Crippen LogP contribution in [0.1, 0.15) is 27.8 Å². The van der Waals surface area contributed by atoms with E-state index in [2.05, 4.69) is 22.0 Å². The minimum Gasteiger partial charge on any atom is -1.00 e. The zero-order valence-electron chi connectivity index (χ0n) is 14.2. The number of nitrogens with zero attached hydrogens (tertiary/aromatic N) is 2. The molecule has 0 aromatic heterocycles. The van der Waals surface area contributed by atoms with Crippen molar-refractivity contribution in [2.75, 3.05) is 13.1 Å². The molecule has 1 fully saturated rings. The molecule has 0 atom stereocenters. The van der Waals surface area contributed by atoms with Crippen molar-refractivity contribution in [3.05, 3.63) is 28.2 Å². The second kappa shape index (κ2) is 7.69. The van der Waals surface area contributed by atoms with Gasteiger partial charge in [-0.2, -0.15) is 5.26 Å². The predicted octanol–water partition coefficient (Wildman–Crippen LogP) is 0.435. The maximum absolute atomic E-state index is 11.8. The van der Waals surface area contributed by atoms with E-state index in [9.17, 15) is 4.79 Å². The van der Waals surface area contributed by atoms with Crippen LogP contribution in [-0.2, 0) is 4.74 Å². The Kier molecular flexibility index (Phi) is 6.75. The average Bonchev–Trinajstić information content (AvgIpc) is 2.32. The molecule has 0 N–H and O–H groups in total. The Hall–Kier alpha value is -0.740. The summed E-state index contributed by atoms with van der Waals surface area (Å²) in [7, 11) is 0. The van der Waals surface area contributed by atoms with E-state index in [-0.39, 0.29) is 43.2 Å². The molecule has 2 rings (SSSR count). The first-order chi connectivity index (χ1) is 9.78. The zero-order chi connectivity index (χ0) is 15.6. The number of hydrogen-bond acceptors (Lipinski definition) is 4. The summed E-state index contributed by atoms with van der Waals surface area (Å²) in [5, 5.41) is 9.08. The molecule has 0 unspecified atom stereocenters. The van der Waals surface area contributed by atoms with Crippen LogP contribution in [0, 0.1) is 11.3 Å². The molecule has 0 spiro atoms. The third-order valence-corrected chi connectivity index (χ3v) is 3.35. The molecule has 0 aliphatic carbocycles. The smallest absolute Gasteiger partial charge is 1.00 e. The van der Waals surface area contributed by atoms with E-state index < -0.39 is 5.60 Å². The normalized spacial score (nSPS) is 14.4. The molecule has 1 heterocycles. The molecule has 1 aliphatic rings. The number of likely N-dealkylation sites (tertiary alicyclic amines) is 1. The Bertz CT molecular complexity index is 595. The third kappa shape index (κ3) is 5.17. The number of amides is 1. The fraction of sp³-hybridized carbons (Fsp3) is 0.467. The second-order valence-electron chi connectivity index (χ2n) is 5.88. The van der Waals surface area contributed by atoms with E-state index in [0.717, 1.165) is 4.47 Å². The number of carbonyl (C=O) groups excluding carboxylic acids is 1. The van der Waals surface area contributed by atoms with Crippen LogP contribution in [0.3, 0.4) is 0 Å². The molecule has 22 heavy (non-hydrogen) atoms. The summed E-state index contributed by atoms with van der Waals surface area (Å²) < 4.78 is 11.8. The maximum Gasteiger partial charge on any atom is 1.00 e. The van der Waals surface area contributed by atoms with Crippen LogP contribution in [0.2, 0.25) is 0 Å². The summed E-state index contributed by atoms with van der Waals surface area (Å²) in [6, 6.07) is 7.37. The van der Waals surface area contributed by atoms with Gasteiger partial charge in [0.15, 0.2) is 0 Å². The van der Waals surface area contributed by atoms with Crippen molar-refractivity contribution < 1.29 is 45.3 Å². The number of rotatable bonds is 2. The quantitative estimate of drug-likeness (QED) is 0.702. The summed E-state index contributed by atoms with van der Waals surface area (Å²) in [6.45, 7) is 6.44. The molecule has 1 aromatic rings. The monoisotopic (exact) mass is 376 g/mol. The standard InChI is InChI=1S/C15H17BrN2O3.Na.H/c1-15(2,3)21-14(19)18-8-12(9-18)20-13-5-4-11(16)6-10(13)7-17;;/h4-6,12H,8-9H2,1-3H3;;/q;+1;-1. The zero-order valence-corrected chi connectivity index (χ0v) is 16.8. The van der Waals surface area contributed by atoms with Gasteiger partial charge in [-0.15, -0.1) is 0 Å². The Morgan fingerprint density at radius 3 is 2.64 bits per heavy atom. The first kappa shape index (κ1) is 19.3. The van der Waals surface area contributed by atoms with E-state index in [4.69, 9.17) is 14.7 Å². The van der Waals surface area contributed by atoms with Crippen molar-refractivity contribution in [2.45, 2.75) is 32.5 Å². The van der Waals surface area contributed by atoms with Gasteiger partial charge in [0.25, 0.3) is 0 Å². The van der Waals surface area contributed by atoms with Crippen molar-refractivity contribution in [2.24, 2.45) is 0 Å². The number of hydrogen-bond donors (Lipinski definition) is 0. The fourth-order valence-corrected chi connectivity index (χ4v) is 2.22. The Morgan fingerprint density at radius 1 is 1.45 bits per heavy atom. The Morgan fingerprint density at radius 2 is 2.09 bits per heavy atom. The summed E-state index contributed by atoms with van der Waals surface area (Å²) in [4.78, 5) is 13.4. The van der Waals surface area contributed by atoms with Crippen LogP contribution in [0.25, 0.3) is 0 Å². The molecule has 1 aromatic carbocycles. The first-order valence-corrected chi connectivity index (χ1v) is 7.42. The average molecular weight is 377 g/mol. The molecule has 0 bridgehead atoms. The van der Waals surface area contributed by atoms with Gasteiger partial charge < -0.3 is 15.8 Å². The van der Waals surface area contributed by atoms with Gasteiger partial charge in [-0.1, -0.05) is 15.9 Å². The maximum atomic E-state index is 11.8. The van der Waals surface area contributed by atoms with Gasteiger partial charge in [-0.25, -0.2) is 4.79 Å². The van der Waals surface area contributed by atoms with E-state index in [1.54, 1.807) is 17.0 Å². The van der Waals surface area contributed by atoms with Gasteiger partial charge in [0.1, 0.15) is 23.5 Å². The van der Waals surface area contributed by atoms with Gasteiger partial charge in [-0.05, 0) is 39.0 Å². The van der Waals surface area contributed by atoms with Crippen molar-refractivity contribution in [1.29, 1.82) is 5.26 Å². The van der Waals surface area contributed by atoms with Crippen LogP contribution in [0.15, 0.2) is 22.7 Å². The number of benzene rings is 1. The molecule has 1 saturated heterocycles. The van der Waals surface area contributed by atoms with E-state index in [0.29, 0.717) is 24.4 Å². The number of nitriles is 1. The molecule has 0 saturated carbocycles. The molecular weight excluding hydrogens is 359 g/mol. The predicted molar refractivity (Wildman–Crippen MR) is 82.2 cm³/mol. The second-order valence-corrected chi connectivity index (χ2v) is 6.79. The van der Waals surface area contributed by atoms with E-state index >= 15 is 0 Å². The van der Waals surface area contributed by atoms with Gasteiger partial charge >= 0.3 is 35.7 Å². The van der Waals surface area contributed by atoms with Crippen LogP contribution >= 0.6 is 15.9 Å². The molecule has 1 aliphatic heterocycles. The molecular formula is C15H18BrN2NaO3. The van der Waals surface area contributed by atoms with Crippen LogP contribution < -0.4 is 34.3 Å². The van der Waals surface area contributed by atoms with Crippen LogP contribution in [0.5, 0.6) is 5.75 Å². The molecule has 114 valence electrons. The molecule has 7 heteroatoms. The molecule has 5 nitrogen and oxygen atoms in total. The van der Waals surface area contributed by atoms with Crippen LogP contribution in [0.4, 0.5) is 4.79 Å². The Balaban J connectivity index is 0.00000242. The third-order valence-electron chi connectivity index (χ3n) is 2.86. The Labute approximate surface area is 162 Å². The minimum absolute atomic E-state index is 0. The number of halogens is 1. The van der Waals surface area contributed by atoms with Crippen LogP contribution in [-0.4, -0.2) is 35.8 Å². The van der Waals surface area contributed by atoms with Crippen molar-refractivity contribution in [1.82, 2.24) is 4.90 Å². The van der Waals surface area contributed by atoms with E-state index in [1.165, 1.54) is 0 Å². The molecule has 0 radical (unpaired) electrons. The van der Waals surface area contributed by atoms with E-state index in [1.807, 2.05) is 26.8 Å².